The molecule has 1 aliphatic carbocycles. The van der Waals surface area contributed by atoms with Crippen molar-refractivity contribution >= 4 is 6.08 Å². The maximum atomic E-state index is 4.54. The van der Waals surface area contributed by atoms with Gasteiger partial charge in [0.25, 0.3) is 0 Å². The van der Waals surface area contributed by atoms with Gasteiger partial charge in [-0.3, -0.25) is 0 Å². The maximum Gasteiger partial charge on any atom is 0.154 e. The molecule has 80 valence electrons. The van der Waals surface area contributed by atoms with Gasteiger partial charge in [-0.1, -0.05) is 33.3 Å². The Kier molecular flexibility index (Phi) is 2.55. The fraction of sp³-hybridized carbons (Fsp3) is 0.583. The summed E-state index contributed by atoms with van der Waals surface area (Å²) in [5.74, 6) is 1.76. The second-order valence-electron chi connectivity index (χ2n) is 4.71. The van der Waals surface area contributed by atoms with Crippen molar-refractivity contribution in [3.63, 3.8) is 0 Å². The van der Waals surface area contributed by atoms with Crippen LogP contribution >= 0.6 is 0 Å². The second-order valence-corrected chi connectivity index (χ2v) is 4.71. The molecule has 0 amide bonds. The van der Waals surface area contributed by atoms with Crippen molar-refractivity contribution in [3.05, 3.63) is 22.8 Å². The summed E-state index contributed by atoms with van der Waals surface area (Å²) in [6, 6.07) is 0. The highest BCUT2D eigenvalue weighted by Crippen LogP contribution is 2.26. The average Bonchev–Trinajstić information content (AvgIpc) is 2.59. The molecule has 0 fully saturated rings. The molecule has 0 radical (unpaired) electrons. The van der Waals surface area contributed by atoms with Crippen LogP contribution in [0.5, 0.6) is 0 Å². The first kappa shape index (κ1) is 10.3. The van der Waals surface area contributed by atoms with Crippen molar-refractivity contribution in [1.82, 2.24) is 15.2 Å². The van der Waals surface area contributed by atoms with Crippen LogP contribution in [-0.2, 0) is 6.42 Å². The third-order valence-corrected chi connectivity index (χ3v) is 2.76. The molecular weight excluding hydrogens is 186 g/mol. The second kappa shape index (κ2) is 3.72. The van der Waals surface area contributed by atoms with Gasteiger partial charge >= 0.3 is 0 Å². The minimum absolute atomic E-state index is 0.347. The molecule has 0 saturated carbocycles. The first-order chi connectivity index (χ1) is 7.08. The number of nitrogens with zero attached hydrogens (tertiary/aromatic N) is 3. The molecule has 1 heterocycles. The summed E-state index contributed by atoms with van der Waals surface area (Å²) in [4.78, 5) is 4.54. The summed E-state index contributed by atoms with van der Waals surface area (Å²) in [5, 5.41) is 8.40. The Labute approximate surface area is 90.6 Å². The van der Waals surface area contributed by atoms with Gasteiger partial charge in [0.1, 0.15) is 0 Å². The van der Waals surface area contributed by atoms with Gasteiger partial charge < -0.3 is 0 Å². The molecule has 2 rings (SSSR count). The van der Waals surface area contributed by atoms with E-state index in [2.05, 4.69) is 49.0 Å². The van der Waals surface area contributed by atoms with Crippen LogP contribution in [0, 0.1) is 5.92 Å². The van der Waals surface area contributed by atoms with E-state index in [1.54, 1.807) is 0 Å². The summed E-state index contributed by atoms with van der Waals surface area (Å²) in [6.07, 6.45) is 3.09. The van der Waals surface area contributed by atoms with Gasteiger partial charge in [0, 0.05) is 12.3 Å². The summed E-state index contributed by atoms with van der Waals surface area (Å²) >= 11 is 0. The fourth-order valence-electron chi connectivity index (χ4n) is 1.65. The van der Waals surface area contributed by atoms with Crippen molar-refractivity contribution in [1.29, 1.82) is 0 Å². The number of rotatable bonds is 2. The number of hydrogen-bond donors (Lipinski definition) is 0. The van der Waals surface area contributed by atoms with E-state index in [9.17, 15) is 0 Å². The lowest BCUT2D eigenvalue weighted by atomic mass is 10.0. The van der Waals surface area contributed by atoms with Gasteiger partial charge in [0.2, 0.25) is 0 Å². The number of aromatic nitrogens is 3. The summed E-state index contributed by atoms with van der Waals surface area (Å²) in [5.41, 5.74) is 3.47. The highest BCUT2D eigenvalue weighted by atomic mass is 15.2. The van der Waals surface area contributed by atoms with E-state index < -0.39 is 0 Å². The van der Waals surface area contributed by atoms with Gasteiger partial charge in [-0.2, -0.15) is 5.10 Å². The topological polar surface area (TPSA) is 38.7 Å². The third-order valence-electron chi connectivity index (χ3n) is 2.76. The molecule has 0 saturated heterocycles. The van der Waals surface area contributed by atoms with Crippen LogP contribution < -0.4 is 0 Å². The van der Waals surface area contributed by atoms with Crippen molar-refractivity contribution in [3.8, 4) is 0 Å². The first-order valence-electron chi connectivity index (χ1n) is 5.52. The van der Waals surface area contributed by atoms with Crippen LogP contribution in [0.25, 0.3) is 6.08 Å². The number of fused-ring (bicyclic) bond motifs is 1. The van der Waals surface area contributed by atoms with E-state index in [4.69, 9.17) is 0 Å². The molecule has 15 heavy (non-hydrogen) atoms. The molecule has 0 spiro atoms. The van der Waals surface area contributed by atoms with E-state index in [1.165, 1.54) is 5.57 Å². The largest absolute Gasteiger partial charge is 0.229 e. The van der Waals surface area contributed by atoms with E-state index in [0.29, 0.717) is 11.8 Å². The molecule has 1 aromatic rings. The minimum Gasteiger partial charge on any atom is -0.229 e. The lowest BCUT2D eigenvalue weighted by molar-refractivity contribution is 0.709. The van der Waals surface area contributed by atoms with E-state index in [-0.39, 0.29) is 0 Å². The zero-order chi connectivity index (χ0) is 11.0. The molecule has 0 aromatic carbocycles. The average molecular weight is 203 g/mol. The van der Waals surface area contributed by atoms with Gasteiger partial charge in [-0.15, -0.1) is 5.10 Å². The Morgan fingerprint density at radius 1 is 1.07 bits per heavy atom. The van der Waals surface area contributed by atoms with Crippen LogP contribution in [0.15, 0.2) is 5.57 Å². The maximum absolute atomic E-state index is 4.54. The molecule has 0 bridgehead atoms. The van der Waals surface area contributed by atoms with Gasteiger partial charge in [0.15, 0.2) is 5.82 Å². The summed E-state index contributed by atoms with van der Waals surface area (Å²) in [7, 11) is 0. The molecular formula is C12H17N3. The normalized spacial score (nSPS) is 14.7. The fourth-order valence-corrected chi connectivity index (χ4v) is 1.65. The van der Waals surface area contributed by atoms with Crippen molar-refractivity contribution in [2.24, 2.45) is 5.92 Å². The Morgan fingerprint density at radius 2 is 1.80 bits per heavy atom. The predicted molar refractivity (Wildman–Crippen MR) is 60.4 cm³/mol. The molecule has 0 N–H and O–H groups in total. The Hall–Kier alpha value is -1.25. The lowest BCUT2D eigenvalue weighted by Crippen LogP contribution is -2.04. The molecule has 0 unspecified atom stereocenters. The predicted octanol–water partition coefficient (Wildman–Crippen LogP) is 2.59. The lowest BCUT2D eigenvalue weighted by Gasteiger charge is -2.04. The highest BCUT2D eigenvalue weighted by Gasteiger charge is 2.19. The first-order valence-corrected chi connectivity index (χ1v) is 5.52. The van der Waals surface area contributed by atoms with Crippen molar-refractivity contribution in [2.75, 3.05) is 0 Å². The van der Waals surface area contributed by atoms with Crippen molar-refractivity contribution in [2.45, 2.75) is 40.0 Å². The van der Waals surface area contributed by atoms with Crippen LogP contribution in [0.1, 0.15) is 50.8 Å². The zero-order valence-electron chi connectivity index (χ0n) is 9.78. The van der Waals surface area contributed by atoms with Crippen LogP contribution in [0.2, 0.25) is 0 Å². The molecule has 1 aromatic heterocycles. The Bertz CT molecular complexity index is 405. The van der Waals surface area contributed by atoms with Gasteiger partial charge in [-0.05, 0) is 12.0 Å². The number of hydrogen-bond acceptors (Lipinski definition) is 3. The van der Waals surface area contributed by atoms with Crippen LogP contribution in [-0.4, -0.2) is 15.2 Å². The van der Waals surface area contributed by atoms with E-state index >= 15 is 0 Å². The molecule has 3 nitrogen and oxygen atoms in total. The molecule has 0 atom stereocenters. The molecule has 3 heteroatoms. The van der Waals surface area contributed by atoms with Crippen LogP contribution in [0.3, 0.4) is 0 Å². The van der Waals surface area contributed by atoms with Gasteiger partial charge in [0.05, 0.1) is 11.4 Å². The summed E-state index contributed by atoms with van der Waals surface area (Å²) < 4.78 is 0. The SMILES string of the molecule is CC(C)C1=Cc2nc(C(C)C)nnc2C1. The standard InChI is InChI=1S/C12H17N3/c1-7(2)9-5-10-11(6-9)14-15-12(13-10)8(3)4/h5,7-8H,6H2,1-4H3. The minimum atomic E-state index is 0.347. The Balaban J connectivity index is 2.34. The monoisotopic (exact) mass is 203 g/mol. The Morgan fingerprint density at radius 3 is 2.40 bits per heavy atom. The van der Waals surface area contributed by atoms with Gasteiger partial charge in [-0.25, -0.2) is 4.98 Å². The molecule has 1 aliphatic rings. The van der Waals surface area contributed by atoms with E-state index in [1.807, 2.05) is 0 Å². The summed E-state index contributed by atoms with van der Waals surface area (Å²) in [6.45, 7) is 8.58. The highest BCUT2D eigenvalue weighted by molar-refractivity contribution is 5.58. The number of allylic oxidation sites excluding steroid dienone is 1. The van der Waals surface area contributed by atoms with E-state index in [0.717, 1.165) is 23.6 Å². The van der Waals surface area contributed by atoms with Crippen LogP contribution in [0.4, 0.5) is 0 Å². The third kappa shape index (κ3) is 1.91. The quantitative estimate of drug-likeness (QED) is 0.741. The molecule has 0 aliphatic heterocycles. The zero-order valence-corrected chi connectivity index (χ0v) is 9.78. The smallest absolute Gasteiger partial charge is 0.154 e. The van der Waals surface area contributed by atoms with Crippen molar-refractivity contribution < 1.29 is 0 Å².